The second kappa shape index (κ2) is 7.92. The van der Waals surface area contributed by atoms with E-state index < -0.39 is 15.8 Å². The van der Waals surface area contributed by atoms with Crippen LogP contribution in [0.15, 0.2) is 67.1 Å². The topological polar surface area (TPSA) is 84.6 Å². The maximum Gasteiger partial charge on any atom is 0.234 e. The molecule has 2 heterocycles. The summed E-state index contributed by atoms with van der Waals surface area (Å²) in [5.74, 6) is -0.805. The first-order chi connectivity index (χ1) is 14.8. The fourth-order valence-electron chi connectivity index (χ4n) is 3.25. The molecule has 0 aliphatic carbocycles. The minimum absolute atomic E-state index is 0.0103. The Hall–Kier alpha value is -3.59. The van der Waals surface area contributed by atoms with Crippen LogP contribution < -0.4 is 4.31 Å². The van der Waals surface area contributed by atoms with Crippen LogP contribution in [0.2, 0.25) is 0 Å². The highest BCUT2D eigenvalue weighted by atomic mass is 32.2. The zero-order valence-electron chi connectivity index (χ0n) is 16.9. The molecule has 0 bridgehead atoms. The Morgan fingerprint density at radius 3 is 2.55 bits per heavy atom. The molecule has 0 aliphatic heterocycles. The fraction of sp³-hybridized carbons (Fsp3) is 0.136. The SMILES string of the molecule is CCS(=O)(=O)N(C)c1cccc(-c2ccnc3c(C(=O)c4ccc(F)cc4)ncn23)c1. The van der Waals surface area contributed by atoms with Crippen LogP contribution in [-0.4, -0.2) is 41.4 Å². The molecule has 7 nitrogen and oxygen atoms in total. The molecule has 0 spiro atoms. The maximum absolute atomic E-state index is 13.2. The minimum atomic E-state index is -3.40. The predicted molar refractivity (Wildman–Crippen MR) is 116 cm³/mol. The molecular weight excluding hydrogens is 419 g/mol. The van der Waals surface area contributed by atoms with E-state index in [1.165, 1.54) is 41.9 Å². The summed E-state index contributed by atoms with van der Waals surface area (Å²) in [6, 6.07) is 14.1. The molecule has 158 valence electrons. The van der Waals surface area contributed by atoms with Crippen LogP contribution in [0, 0.1) is 5.82 Å². The van der Waals surface area contributed by atoms with Crippen LogP contribution in [0.1, 0.15) is 23.0 Å². The van der Waals surface area contributed by atoms with Crippen molar-refractivity contribution in [2.24, 2.45) is 0 Å². The maximum atomic E-state index is 13.2. The van der Waals surface area contributed by atoms with Crippen LogP contribution in [0.25, 0.3) is 16.9 Å². The standard InChI is InChI=1S/C22H19FN4O3S/c1-3-31(29,30)26(2)18-6-4-5-16(13-18)19-11-12-24-22-20(25-14-27(19)22)21(28)15-7-9-17(23)10-8-15/h4-14H,3H2,1-2H3. The van der Waals surface area contributed by atoms with E-state index in [1.54, 1.807) is 41.8 Å². The van der Waals surface area contributed by atoms with Gasteiger partial charge in [-0.1, -0.05) is 12.1 Å². The molecule has 4 rings (SSSR count). The summed E-state index contributed by atoms with van der Waals surface area (Å²) in [5, 5.41) is 0. The van der Waals surface area contributed by atoms with Crippen LogP contribution in [-0.2, 0) is 10.0 Å². The number of ketones is 1. The van der Waals surface area contributed by atoms with Crippen molar-refractivity contribution in [3.63, 3.8) is 0 Å². The van der Waals surface area contributed by atoms with E-state index in [4.69, 9.17) is 0 Å². The molecular formula is C22H19FN4O3S. The number of carbonyl (C=O) groups excluding carboxylic acids is 1. The van der Waals surface area contributed by atoms with Gasteiger partial charge >= 0.3 is 0 Å². The Morgan fingerprint density at radius 1 is 1.10 bits per heavy atom. The number of aromatic nitrogens is 3. The first-order valence-corrected chi connectivity index (χ1v) is 11.1. The van der Waals surface area contributed by atoms with Crippen molar-refractivity contribution in [3.05, 3.63) is 84.2 Å². The number of sulfonamides is 1. The lowest BCUT2D eigenvalue weighted by Gasteiger charge is -2.19. The highest BCUT2D eigenvalue weighted by molar-refractivity contribution is 7.92. The van der Waals surface area contributed by atoms with Gasteiger partial charge in [0.05, 0.1) is 17.1 Å². The van der Waals surface area contributed by atoms with Gasteiger partial charge in [0.2, 0.25) is 15.8 Å². The van der Waals surface area contributed by atoms with Gasteiger partial charge in [-0.15, -0.1) is 0 Å². The lowest BCUT2D eigenvalue weighted by Crippen LogP contribution is -2.27. The van der Waals surface area contributed by atoms with Crippen LogP contribution in [0.3, 0.4) is 0 Å². The Kier molecular flexibility index (Phi) is 5.28. The summed E-state index contributed by atoms with van der Waals surface area (Å²) in [4.78, 5) is 21.4. The van der Waals surface area contributed by atoms with Gasteiger partial charge in [-0.25, -0.2) is 22.8 Å². The number of fused-ring (bicyclic) bond motifs is 1. The van der Waals surface area contributed by atoms with Gasteiger partial charge in [0, 0.05) is 24.4 Å². The molecule has 0 aliphatic rings. The molecule has 0 amide bonds. The lowest BCUT2D eigenvalue weighted by molar-refractivity contribution is 0.103. The molecule has 0 unspecified atom stereocenters. The Labute approximate surface area is 178 Å². The quantitative estimate of drug-likeness (QED) is 0.430. The molecule has 0 N–H and O–H groups in total. The monoisotopic (exact) mass is 438 g/mol. The van der Waals surface area contributed by atoms with E-state index in [-0.39, 0.29) is 17.2 Å². The summed E-state index contributed by atoms with van der Waals surface area (Å²) < 4.78 is 40.6. The van der Waals surface area contributed by atoms with Crippen LogP contribution in [0.4, 0.5) is 10.1 Å². The van der Waals surface area contributed by atoms with Gasteiger partial charge < -0.3 is 0 Å². The molecule has 9 heteroatoms. The average molecular weight is 438 g/mol. The number of benzene rings is 2. The summed E-state index contributed by atoms with van der Waals surface area (Å²) in [7, 11) is -1.89. The number of anilines is 1. The number of hydrogen-bond donors (Lipinski definition) is 0. The van der Waals surface area contributed by atoms with Crippen molar-refractivity contribution in [2.75, 3.05) is 17.1 Å². The van der Waals surface area contributed by atoms with Gasteiger partial charge in [0.25, 0.3) is 0 Å². The number of carbonyl (C=O) groups is 1. The van der Waals surface area contributed by atoms with Gasteiger partial charge in [0.1, 0.15) is 12.1 Å². The molecule has 0 saturated heterocycles. The smallest absolute Gasteiger partial charge is 0.234 e. The molecule has 2 aromatic heterocycles. The van der Waals surface area contributed by atoms with E-state index in [2.05, 4.69) is 9.97 Å². The third-order valence-corrected chi connectivity index (χ3v) is 6.82. The largest absolute Gasteiger partial charge is 0.287 e. The Morgan fingerprint density at radius 2 is 1.84 bits per heavy atom. The summed E-state index contributed by atoms with van der Waals surface area (Å²) in [5.41, 5.74) is 2.76. The summed E-state index contributed by atoms with van der Waals surface area (Å²) in [6.07, 6.45) is 3.06. The highest BCUT2D eigenvalue weighted by Gasteiger charge is 2.20. The van der Waals surface area contributed by atoms with E-state index in [0.717, 1.165) is 5.56 Å². The average Bonchev–Trinajstić information content (AvgIpc) is 3.23. The summed E-state index contributed by atoms with van der Waals surface area (Å²) in [6.45, 7) is 1.59. The van der Waals surface area contributed by atoms with E-state index in [1.807, 2.05) is 6.07 Å². The van der Waals surface area contributed by atoms with Crippen LogP contribution in [0.5, 0.6) is 0 Å². The minimum Gasteiger partial charge on any atom is -0.287 e. The second-order valence-corrected chi connectivity index (χ2v) is 9.16. The predicted octanol–water partition coefficient (Wildman–Crippen LogP) is 3.55. The van der Waals surface area contributed by atoms with Crippen molar-refractivity contribution >= 4 is 27.1 Å². The number of rotatable bonds is 6. The van der Waals surface area contributed by atoms with Gasteiger partial charge in [-0.2, -0.15) is 0 Å². The number of halogens is 1. The number of nitrogens with zero attached hydrogens (tertiary/aromatic N) is 4. The second-order valence-electron chi connectivity index (χ2n) is 6.87. The molecule has 0 radical (unpaired) electrons. The van der Waals surface area contributed by atoms with Crippen molar-refractivity contribution in [2.45, 2.75) is 6.92 Å². The first kappa shape index (κ1) is 20.7. The normalized spacial score (nSPS) is 11.6. The summed E-state index contributed by atoms with van der Waals surface area (Å²) >= 11 is 0. The molecule has 4 aromatic rings. The fourth-order valence-corrected chi connectivity index (χ4v) is 4.07. The van der Waals surface area contributed by atoms with Gasteiger partial charge in [0.15, 0.2) is 11.3 Å². The van der Waals surface area contributed by atoms with Crippen molar-refractivity contribution in [1.29, 1.82) is 0 Å². The zero-order chi connectivity index (χ0) is 22.2. The molecule has 2 aromatic carbocycles. The van der Waals surface area contributed by atoms with Crippen molar-refractivity contribution in [1.82, 2.24) is 14.4 Å². The zero-order valence-corrected chi connectivity index (χ0v) is 17.7. The number of imidazole rings is 1. The third kappa shape index (κ3) is 3.79. The first-order valence-electron chi connectivity index (χ1n) is 9.51. The van der Waals surface area contributed by atoms with E-state index in [0.29, 0.717) is 22.6 Å². The molecule has 0 fully saturated rings. The van der Waals surface area contributed by atoms with Crippen molar-refractivity contribution in [3.8, 4) is 11.3 Å². The lowest BCUT2D eigenvalue weighted by atomic mass is 10.1. The highest BCUT2D eigenvalue weighted by Crippen LogP contribution is 2.27. The number of hydrogen-bond acceptors (Lipinski definition) is 5. The van der Waals surface area contributed by atoms with E-state index >= 15 is 0 Å². The molecule has 31 heavy (non-hydrogen) atoms. The van der Waals surface area contributed by atoms with E-state index in [9.17, 15) is 17.6 Å². The Balaban J connectivity index is 1.78. The molecule has 0 saturated carbocycles. The molecule has 0 atom stereocenters. The van der Waals surface area contributed by atoms with Gasteiger partial charge in [-0.05, 0) is 49.4 Å². The van der Waals surface area contributed by atoms with Crippen molar-refractivity contribution < 1.29 is 17.6 Å². The third-order valence-electron chi connectivity index (χ3n) is 5.04. The van der Waals surface area contributed by atoms with Gasteiger partial charge in [-0.3, -0.25) is 13.5 Å². The van der Waals surface area contributed by atoms with Crippen LogP contribution >= 0.6 is 0 Å². The Bertz CT molecular complexity index is 1380.